The Balaban J connectivity index is 1.57. The number of nitrogens with zero attached hydrogens (tertiary/aromatic N) is 2. The fraction of sp³-hybridized carbons (Fsp3) is 0.909. The first-order chi connectivity index (χ1) is 6.68. The van der Waals surface area contributed by atoms with E-state index in [1.54, 1.807) is 0 Å². The van der Waals surface area contributed by atoms with Crippen LogP contribution in [-0.4, -0.2) is 48.9 Å². The summed E-state index contributed by atoms with van der Waals surface area (Å²) < 4.78 is 0. The monoisotopic (exact) mass is 193 g/mol. The number of nitrogens with one attached hydrogen (secondary N) is 1. The van der Waals surface area contributed by atoms with Gasteiger partial charge in [-0.3, -0.25) is 5.41 Å². The molecule has 1 aliphatic heterocycles. The molecule has 3 aliphatic rings. The number of hydrogen-bond donors (Lipinski definition) is 1. The van der Waals surface area contributed by atoms with Gasteiger partial charge in [0.25, 0.3) is 0 Å². The molecule has 78 valence electrons. The Morgan fingerprint density at radius 3 is 2.21 bits per heavy atom. The lowest BCUT2D eigenvalue weighted by molar-refractivity contribution is 0.309. The third kappa shape index (κ3) is 1.18. The van der Waals surface area contributed by atoms with Crippen LogP contribution in [0.2, 0.25) is 0 Å². The predicted octanol–water partition coefficient (Wildman–Crippen LogP) is 0.865. The Bertz CT molecular complexity index is 258. The number of likely N-dealkylation sites (tertiary alicyclic amines) is 1. The van der Waals surface area contributed by atoms with Gasteiger partial charge in [-0.05, 0) is 38.8 Å². The second-order valence-corrected chi connectivity index (χ2v) is 5.35. The highest BCUT2D eigenvalue weighted by Gasteiger charge is 2.57. The summed E-state index contributed by atoms with van der Waals surface area (Å²) in [5, 5.41) is 8.00. The van der Waals surface area contributed by atoms with E-state index in [0.717, 1.165) is 36.8 Å². The van der Waals surface area contributed by atoms with Gasteiger partial charge in [0.1, 0.15) is 0 Å². The summed E-state index contributed by atoms with van der Waals surface area (Å²) in [4.78, 5) is 4.68. The molecule has 3 rings (SSSR count). The molecular formula is C11H19N3. The summed E-state index contributed by atoms with van der Waals surface area (Å²) in [5.41, 5.74) is 0. The van der Waals surface area contributed by atoms with Crippen LogP contribution in [-0.2, 0) is 0 Å². The topological polar surface area (TPSA) is 30.3 Å². The summed E-state index contributed by atoms with van der Waals surface area (Å²) in [6.45, 7) is 2.31. The van der Waals surface area contributed by atoms with Crippen molar-refractivity contribution < 1.29 is 0 Å². The van der Waals surface area contributed by atoms with Gasteiger partial charge in [-0.15, -0.1) is 0 Å². The highest BCUT2D eigenvalue weighted by molar-refractivity contribution is 5.84. The first kappa shape index (κ1) is 8.72. The maximum atomic E-state index is 8.00. The summed E-state index contributed by atoms with van der Waals surface area (Å²) >= 11 is 0. The van der Waals surface area contributed by atoms with Crippen molar-refractivity contribution in [2.24, 2.45) is 17.8 Å². The molecule has 2 atom stereocenters. The molecule has 2 unspecified atom stereocenters. The molecule has 1 saturated heterocycles. The average Bonchev–Trinajstić information content (AvgIpc) is 3.03. The van der Waals surface area contributed by atoms with Gasteiger partial charge in [0, 0.05) is 25.0 Å². The Morgan fingerprint density at radius 1 is 1.21 bits per heavy atom. The van der Waals surface area contributed by atoms with Crippen LogP contribution in [0.5, 0.6) is 0 Å². The third-order valence-electron chi connectivity index (χ3n) is 4.05. The molecule has 0 spiro atoms. The molecule has 0 amide bonds. The minimum atomic E-state index is 0.630. The van der Waals surface area contributed by atoms with E-state index in [9.17, 15) is 0 Å². The second-order valence-electron chi connectivity index (χ2n) is 5.35. The minimum Gasteiger partial charge on any atom is -0.360 e. The van der Waals surface area contributed by atoms with E-state index in [0.29, 0.717) is 5.92 Å². The van der Waals surface area contributed by atoms with Crippen molar-refractivity contribution in [2.45, 2.75) is 18.9 Å². The van der Waals surface area contributed by atoms with E-state index in [2.05, 4.69) is 23.9 Å². The quantitative estimate of drug-likeness (QED) is 0.521. The van der Waals surface area contributed by atoms with E-state index in [1.165, 1.54) is 12.8 Å². The Kier molecular flexibility index (Phi) is 1.69. The van der Waals surface area contributed by atoms with Crippen LogP contribution >= 0.6 is 0 Å². The summed E-state index contributed by atoms with van der Waals surface area (Å²) in [6.07, 6.45) is 2.53. The van der Waals surface area contributed by atoms with Crippen molar-refractivity contribution in [1.82, 2.24) is 9.80 Å². The number of rotatable bonds is 2. The zero-order valence-corrected chi connectivity index (χ0v) is 9.03. The molecule has 0 aromatic heterocycles. The maximum absolute atomic E-state index is 8.00. The normalized spacial score (nSPS) is 40.2. The molecule has 0 aromatic carbocycles. The van der Waals surface area contributed by atoms with Crippen molar-refractivity contribution in [3.8, 4) is 0 Å². The third-order valence-corrected chi connectivity index (χ3v) is 4.05. The average molecular weight is 193 g/mol. The summed E-state index contributed by atoms with van der Waals surface area (Å²) in [7, 11) is 4.36. The Morgan fingerprint density at radius 2 is 1.79 bits per heavy atom. The zero-order chi connectivity index (χ0) is 9.87. The zero-order valence-electron chi connectivity index (χ0n) is 9.03. The number of hydrogen-bond acceptors (Lipinski definition) is 2. The van der Waals surface area contributed by atoms with Crippen LogP contribution in [0.25, 0.3) is 0 Å². The van der Waals surface area contributed by atoms with Crippen LogP contribution in [0.15, 0.2) is 0 Å². The van der Waals surface area contributed by atoms with Crippen LogP contribution in [0.4, 0.5) is 0 Å². The van der Waals surface area contributed by atoms with Gasteiger partial charge in [0.05, 0.1) is 5.84 Å². The molecule has 3 fully saturated rings. The van der Waals surface area contributed by atoms with Gasteiger partial charge in [-0.2, -0.15) is 0 Å². The van der Waals surface area contributed by atoms with Gasteiger partial charge >= 0.3 is 0 Å². The van der Waals surface area contributed by atoms with Crippen LogP contribution in [0.1, 0.15) is 12.8 Å². The van der Waals surface area contributed by atoms with E-state index in [1.807, 2.05) is 0 Å². The standard InChI is InChI=1S/C11H19N3/c1-13(2)10-8-5-14(6-9(8)10)11(12)7-3-4-7/h7-10,12H,3-6H2,1-2H3. The minimum absolute atomic E-state index is 0.630. The number of amidine groups is 1. The van der Waals surface area contributed by atoms with E-state index in [4.69, 9.17) is 5.41 Å². The SMILES string of the molecule is CN(C)C1C2CN(C(=N)C3CC3)CC21. The molecule has 1 N–H and O–H groups in total. The molecule has 3 heteroatoms. The lowest BCUT2D eigenvalue weighted by Gasteiger charge is -2.24. The van der Waals surface area contributed by atoms with Crippen molar-refractivity contribution in [3.63, 3.8) is 0 Å². The van der Waals surface area contributed by atoms with Gasteiger partial charge in [-0.1, -0.05) is 0 Å². The van der Waals surface area contributed by atoms with E-state index >= 15 is 0 Å². The number of piperidine rings is 1. The Hall–Kier alpha value is -0.570. The maximum Gasteiger partial charge on any atom is 0.0989 e. The van der Waals surface area contributed by atoms with Gasteiger partial charge in [0.2, 0.25) is 0 Å². The molecule has 0 aromatic rings. The van der Waals surface area contributed by atoms with Crippen molar-refractivity contribution in [2.75, 3.05) is 27.2 Å². The van der Waals surface area contributed by atoms with E-state index in [-0.39, 0.29) is 0 Å². The van der Waals surface area contributed by atoms with Crippen molar-refractivity contribution in [1.29, 1.82) is 5.41 Å². The lowest BCUT2D eigenvalue weighted by atomic mass is 10.3. The fourth-order valence-electron chi connectivity index (χ4n) is 3.07. The molecule has 3 nitrogen and oxygen atoms in total. The van der Waals surface area contributed by atoms with Crippen molar-refractivity contribution in [3.05, 3.63) is 0 Å². The van der Waals surface area contributed by atoms with Crippen molar-refractivity contribution >= 4 is 5.84 Å². The second kappa shape index (κ2) is 2.72. The molecule has 2 aliphatic carbocycles. The summed E-state index contributed by atoms with van der Waals surface area (Å²) in [6, 6.07) is 0.818. The number of fused-ring (bicyclic) bond motifs is 1. The molecule has 1 heterocycles. The first-order valence-electron chi connectivity index (χ1n) is 5.68. The molecule has 14 heavy (non-hydrogen) atoms. The fourth-order valence-corrected chi connectivity index (χ4v) is 3.07. The largest absolute Gasteiger partial charge is 0.360 e. The molecule has 2 saturated carbocycles. The summed E-state index contributed by atoms with van der Waals surface area (Å²) in [5.74, 6) is 3.30. The van der Waals surface area contributed by atoms with Crippen LogP contribution in [0, 0.1) is 23.2 Å². The predicted molar refractivity (Wildman–Crippen MR) is 56.5 cm³/mol. The Labute approximate surface area is 85.6 Å². The molecule has 0 bridgehead atoms. The van der Waals surface area contributed by atoms with Gasteiger partial charge in [0.15, 0.2) is 0 Å². The lowest BCUT2D eigenvalue weighted by Crippen LogP contribution is -2.35. The highest BCUT2D eigenvalue weighted by atomic mass is 15.3. The van der Waals surface area contributed by atoms with Crippen LogP contribution in [0.3, 0.4) is 0 Å². The van der Waals surface area contributed by atoms with Gasteiger partial charge in [-0.25, -0.2) is 0 Å². The highest BCUT2D eigenvalue weighted by Crippen LogP contribution is 2.49. The van der Waals surface area contributed by atoms with Crippen LogP contribution < -0.4 is 0 Å². The smallest absolute Gasteiger partial charge is 0.0989 e. The molecule has 0 radical (unpaired) electrons. The van der Waals surface area contributed by atoms with E-state index < -0.39 is 0 Å². The van der Waals surface area contributed by atoms with Gasteiger partial charge < -0.3 is 9.80 Å². The molecular weight excluding hydrogens is 174 g/mol. The first-order valence-corrected chi connectivity index (χ1v) is 5.68.